The third-order valence-electron chi connectivity index (χ3n) is 5.56. The lowest BCUT2D eigenvalue weighted by atomic mass is 9.99. The fourth-order valence-corrected chi connectivity index (χ4v) is 4.17. The van der Waals surface area contributed by atoms with Gasteiger partial charge in [0, 0.05) is 35.3 Å². The quantitative estimate of drug-likeness (QED) is 0.233. The number of ether oxygens (including phenoxy) is 1. The van der Waals surface area contributed by atoms with Gasteiger partial charge in [0.15, 0.2) is 11.8 Å². The van der Waals surface area contributed by atoms with E-state index in [9.17, 15) is 36.3 Å². The summed E-state index contributed by atoms with van der Waals surface area (Å²) >= 11 is 6.28. The number of hydrogen-bond acceptors (Lipinski definition) is 3. The minimum atomic E-state index is -5.03. The van der Waals surface area contributed by atoms with Crippen molar-refractivity contribution in [1.82, 2.24) is 4.90 Å². The number of hydrogen-bond donors (Lipinski definition) is 0. The number of amides is 1. The molecule has 0 saturated carbocycles. The lowest BCUT2D eigenvalue weighted by molar-refractivity contribution is -0.613. The van der Waals surface area contributed by atoms with E-state index in [1.807, 2.05) is 0 Å². The number of rotatable bonds is 3. The molecular formula is C24H17ClF6N2O3. The SMILES string of the molecule is O=C1c2c(-c3ccccc3Cl)cc[n+]([O-])c2OCCCN1Cc1cc(C(F)(F)F)cc(C(F)(F)F)c1. The molecule has 12 heteroatoms. The van der Waals surface area contributed by atoms with E-state index in [-0.39, 0.29) is 53.2 Å². The number of alkyl halides is 6. The van der Waals surface area contributed by atoms with Crippen molar-refractivity contribution < 1.29 is 40.6 Å². The van der Waals surface area contributed by atoms with Crippen molar-refractivity contribution in [3.8, 4) is 17.0 Å². The summed E-state index contributed by atoms with van der Waals surface area (Å²) < 4.78 is 85.8. The van der Waals surface area contributed by atoms with E-state index in [4.69, 9.17) is 16.3 Å². The molecule has 0 saturated heterocycles. The molecule has 4 rings (SSSR count). The van der Waals surface area contributed by atoms with Crippen molar-refractivity contribution in [3.05, 3.63) is 87.2 Å². The van der Waals surface area contributed by atoms with Crippen LogP contribution in [0.1, 0.15) is 33.5 Å². The van der Waals surface area contributed by atoms with E-state index in [0.29, 0.717) is 22.4 Å². The Kier molecular flexibility index (Phi) is 6.78. The van der Waals surface area contributed by atoms with Crippen LogP contribution in [0.4, 0.5) is 26.3 Å². The molecule has 1 aromatic heterocycles. The molecular weight excluding hydrogens is 514 g/mol. The highest BCUT2D eigenvalue weighted by molar-refractivity contribution is 6.33. The highest BCUT2D eigenvalue weighted by Crippen LogP contribution is 2.38. The van der Waals surface area contributed by atoms with E-state index in [0.717, 1.165) is 11.1 Å². The minimum absolute atomic E-state index is 0.0125. The predicted octanol–water partition coefficient (Wildman–Crippen LogP) is 6.10. The zero-order chi connectivity index (χ0) is 26.3. The molecule has 0 radical (unpaired) electrons. The smallest absolute Gasteiger partial charge is 0.416 e. The molecule has 1 aliphatic rings. The average Bonchev–Trinajstić information content (AvgIpc) is 2.79. The number of nitrogens with zero attached hydrogens (tertiary/aromatic N) is 2. The Bertz CT molecular complexity index is 1280. The van der Waals surface area contributed by atoms with Crippen molar-refractivity contribution >= 4 is 17.5 Å². The van der Waals surface area contributed by atoms with Gasteiger partial charge in [0.1, 0.15) is 0 Å². The monoisotopic (exact) mass is 530 g/mol. The molecule has 0 N–H and O–H groups in total. The lowest BCUT2D eigenvalue weighted by Gasteiger charge is -2.27. The zero-order valence-corrected chi connectivity index (χ0v) is 19.0. The molecule has 1 amide bonds. The first kappa shape index (κ1) is 25.6. The Morgan fingerprint density at radius 1 is 0.972 bits per heavy atom. The summed E-state index contributed by atoms with van der Waals surface area (Å²) in [5.74, 6) is -1.13. The zero-order valence-electron chi connectivity index (χ0n) is 18.3. The molecule has 1 aliphatic heterocycles. The summed E-state index contributed by atoms with van der Waals surface area (Å²) in [5, 5.41) is 12.7. The Morgan fingerprint density at radius 3 is 2.22 bits per heavy atom. The van der Waals surface area contributed by atoms with Crippen molar-refractivity contribution in [2.75, 3.05) is 13.2 Å². The van der Waals surface area contributed by atoms with E-state index in [1.54, 1.807) is 24.3 Å². The summed E-state index contributed by atoms with van der Waals surface area (Å²) in [6, 6.07) is 9.00. The molecule has 0 spiro atoms. The summed E-state index contributed by atoms with van der Waals surface area (Å²) in [5.41, 5.74) is -2.89. The van der Waals surface area contributed by atoms with Gasteiger partial charge in [0.25, 0.3) is 5.91 Å². The largest absolute Gasteiger partial charge is 0.616 e. The van der Waals surface area contributed by atoms with Crippen LogP contribution in [0.15, 0.2) is 54.7 Å². The molecule has 0 atom stereocenters. The highest BCUT2D eigenvalue weighted by Gasteiger charge is 2.38. The number of benzene rings is 2. The van der Waals surface area contributed by atoms with E-state index in [2.05, 4.69) is 0 Å². The topological polar surface area (TPSA) is 56.5 Å². The number of halogens is 7. The Hall–Kier alpha value is -3.47. The van der Waals surface area contributed by atoms with Crippen LogP contribution in [0.5, 0.6) is 5.88 Å². The average molecular weight is 531 g/mol. The first-order valence-electron chi connectivity index (χ1n) is 10.6. The van der Waals surface area contributed by atoms with Gasteiger partial charge in [-0.1, -0.05) is 29.8 Å². The van der Waals surface area contributed by atoms with Crippen molar-refractivity contribution in [3.63, 3.8) is 0 Å². The number of fused-ring (bicyclic) bond motifs is 1. The fourth-order valence-electron chi connectivity index (χ4n) is 3.93. The van der Waals surface area contributed by atoms with E-state index >= 15 is 0 Å². The Morgan fingerprint density at radius 2 is 1.61 bits per heavy atom. The van der Waals surface area contributed by atoms with Gasteiger partial charge < -0.3 is 14.8 Å². The van der Waals surface area contributed by atoms with Gasteiger partial charge in [0.05, 0.1) is 17.7 Å². The van der Waals surface area contributed by atoms with Crippen LogP contribution >= 0.6 is 11.6 Å². The molecule has 2 heterocycles. The maximum absolute atomic E-state index is 13.6. The van der Waals surface area contributed by atoms with Gasteiger partial charge >= 0.3 is 18.2 Å². The van der Waals surface area contributed by atoms with Crippen LogP contribution in [0, 0.1) is 5.21 Å². The van der Waals surface area contributed by atoms with Gasteiger partial charge in [-0.25, -0.2) is 0 Å². The summed E-state index contributed by atoms with van der Waals surface area (Å²) in [7, 11) is 0. The third kappa shape index (κ3) is 5.20. The Labute approximate surface area is 206 Å². The fraction of sp³-hybridized carbons (Fsp3) is 0.250. The molecule has 0 bridgehead atoms. The van der Waals surface area contributed by atoms with Gasteiger partial charge in [-0.05, 0) is 36.2 Å². The number of aromatic nitrogens is 1. The predicted molar refractivity (Wildman–Crippen MR) is 117 cm³/mol. The molecule has 190 valence electrons. The maximum Gasteiger partial charge on any atom is 0.416 e. The second kappa shape index (κ2) is 9.53. The highest BCUT2D eigenvalue weighted by atomic mass is 35.5. The Balaban J connectivity index is 1.81. The summed E-state index contributed by atoms with van der Waals surface area (Å²) in [4.78, 5) is 14.7. The number of carbonyl (C=O) groups excluding carboxylic acids is 1. The second-order valence-electron chi connectivity index (χ2n) is 8.06. The van der Waals surface area contributed by atoms with E-state index in [1.165, 1.54) is 6.07 Å². The third-order valence-corrected chi connectivity index (χ3v) is 5.89. The second-order valence-corrected chi connectivity index (χ2v) is 8.47. The van der Waals surface area contributed by atoms with Crippen LogP contribution < -0.4 is 9.47 Å². The number of pyridine rings is 1. The number of carbonyl (C=O) groups is 1. The standard InChI is InChI=1S/C24H17ClF6N2O3/c25-19-5-2-1-4-17(19)18-6-8-33(35)22-20(18)21(34)32(7-3-9-36-22)13-14-10-15(23(26,27)28)12-16(11-14)24(29,30)31/h1-2,4-6,8,10-12H,3,7,9,13H2. The first-order chi connectivity index (χ1) is 16.9. The maximum atomic E-state index is 13.6. The summed E-state index contributed by atoms with van der Waals surface area (Å²) in [6.07, 6.45) is -8.74. The molecule has 36 heavy (non-hydrogen) atoms. The molecule has 3 aromatic rings. The van der Waals surface area contributed by atoms with Crippen LogP contribution in [0.2, 0.25) is 5.02 Å². The lowest BCUT2D eigenvalue weighted by Crippen LogP contribution is -2.39. The molecule has 0 unspecified atom stereocenters. The van der Waals surface area contributed by atoms with Crippen molar-refractivity contribution in [2.45, 2.75) is 25.3 Å². The van der Waals surface area contributed by atoms with Gasteiger partial charge in [-0.2, -0.15) is 26.3 Å². The molecule has 2 aromatic carbocycles. The normalized spacial score (nSPS) is 14.6. The van der Waals surface area contributed by atoms with Crippen molar-refractivity contribution in [1.29, 1.82) is 0 Å². The van der Waals surface area contributed by atoms with Crippen LogP contribution in [0.25, 0.3) is 11.1 Å². The minimum Gasteiger partial charge on any atom is -0.616 e. The molecule has 0 fully saturated rings. The van der Waals surface area contributed by atoms with Crippen LogP contribution in [-0.2, 0) is 18.9 Å². The van der Waals surface area contributed by atoms with E-state index < -0.39 is 35.9 Å². The molecule has 0 aliphatic carbocycles. The van der Waals surface area contributed by atoms with Gasteiger partial charge in [-0.15, -0.1) is 4.73 Å². The van der Waals surface area contributed by atoms with Crippen LogP contribution in [0.3, 0.4) is 0 Å². The van der Waals surface area contributed by atoms with Crippen LogP contribution in [-0.4, -0.2) is 24.0 Å². The van der Waals surface area contributed by atoms with Crippen molar-refractivity contribution in [2.24, 2.45) is 0 Å². The summed E-state index contributed by atoms with van der Waals surface area (Å²) in [6.45, 7) is -0.603. The first-order valence-corrected chi connectivity index (χ1v) is 11.0. The molecule has 5 nitrogen and oxygen atoms in total. The van der Waals surface area contributed by atoms with Gasteiger partial charge in [0.2, 0.25) is 0 Å². The van der Waals surface area contributed by atoms with Gasteiger partial charge in [-0.3, -0.25) is 4.79 Å².